The Morgan fingerprint density at radius 1 is 1.92 bits per heavy atom. The third-order valence-electron chi connectivity index (χ3n) is 1.32. The standard InChI is InChI=1S/C5H6FN3O3/c6-1-4(10)5-3(9(11)12)2-7-8-5/h2,4,10H,1H2,(H,7,8). The molecule has 1 aromatic heterocycles. The van der Waals surface area contributed by atoms with Crippen molar-refractivity contribution in [1.82, 2.24) is 10.2 Å². The van der Waals surface area contributed by atoms with Crippen molar-refractivity contribution < 1.29 is 14.4 Å². The third kappa shape index (κ3) is 1.40. The number of nitrogens with zero attached hydrogens (tertiary/aromatic N) is 2. The van der Waals surface area contributed by atoms with Gasteiger partial charge in [0.25, 0.3) is 0 Å². The minimum atomic E-state index is -1.51. The minimum absolute atomic E-state index is 0.206. The summed E-state index contributed by atoms with van der Waals surface area (Å²) in [5, 5.41) is 24.6. The van der Waals surface area contributed by atoms with Crippen LogP contribution in [0, 0.1) is 10.1 Å². The first kappa shape index (κ1) is 8.60. The quantitative estimate of drug-likeness (QED) is 0.511. The Morgan fingerprint density at radius 3 is 3.08 bits per heavy atom. The molecule has 1 heterocycles. The van der Waals surface area contributed by atoms with E-state index in [9.17, 15) is 14.5 Å². The number of alkyl halides is 1. The van der Waals surface area contributed by atoms with Crippen LogP contribution in [-0.4, -0.2) is 26.9 Å². The number of hydrogen-bond donors (Lipinski definition) is 2. The lowest BCUT2D eigenvalue weighted by Crippen LogP contribution is -2.03. The molecule has 0 aliphatic heterocycles. The van der Waals surface area contributed by atoms with E-state index < -0.39 is 23.4 Å². The number of nitrogens with one attached hydrogen (secondary N) is 1. The van der Waals surface area contributed by atoms with Crippen LogP contribution in [0.25, 0.3) is 0 Å². The molecule has 1 unspecified atom stereocenters. The zero-order valence-electron chi connectivity index (χ0n) is 5.90. The molecule has 66 valence electrons. The number of aliphatic hydroxyl groups is 1. The molecule has 0 aliphatic carbocycles. The van der Waals surface area contributed by atoms with Crippen molar-refractivity contribution in [2.24, 2.45) is 0 Å². The van der Waals surface area contributed by atoms with Crippen LogP contribution in [0.15, 0.2) is 6.20 Å². The minimum Gasteiger partial charge on any atom is -0.384 e. The van der Waals surface area contributed by atoms with Gasteiger partial charge < -0.3 is 5.11 Å². The molecule has 0 spiro atoms. The molecule has 0 radical (unpaired) electrons. The zero-order valence-corrected chi connectivity index (χ0v) is 5.90. The van der Waals surface area contributed by atoms with Gasteiger partial charge in [-0.3, -0.25) is 15.2 Å². The molecule has 0 aliphatic rings. The number of rotatable bonds is 3. The molecule has 0 bridgehead atoms. The van der Waals surface area contributed by atoms with Crippen LogP contribution in [0.3, 0.4) is 0 Å². The van der Waals surface area contributed by atoms with Gasteiger partial charge in [0.1, 0.15) is 24.7 Å². The predicted molar refractivity (Wildman–Crippen MR) is 36.2 cm³/mol. The highest BCUT2D eigenvalue weighted by Gasteiger charge is 2.22. The summed E-state index contributed by atoms with van der Waals surface area (Å²) in [6.07, 6.45) is -0.582. The van der Waals surface area contributed by atoms with Gasteiger partial charge >= 0.3 is 5.69 Å². The van der Waals surface area contributed by atoms with E-state index in [2.05, 4.69) is 10.2 Å². The Labute approximate surface area is 66.2 Å². The molecule has 0 saturated carbocycles. The van der Waals surface area contributed by atoms with Crippen LogP contribution in [-0.2, 0) is 0 Å². The van der Waals surface area contributed by atoms with Gasteiger partial charge in [-0.05, 0) is 0 Å². The average molecular weight is 175 g/mol. The highest BCUT2D eigenvalue weighted by Crippen LogP contribution is 2.21. The van der Waals surface area contributed by atoms with Gasteiger partial charge in [-0.1, -0.05) is 0 Å². The molecular weight excluding hydrogens is 169 g/mol. The van der Waals surface area contributed by atoms with Crippen LogP contribution in [0.4, 0.5) is 10.1 Å². The summed E-state index contributed by atoms with van der Waals surface area (Å²) in [6, 6.07) is 0. The van der Waals surface area contributed by atoms with Gasteiger partial charge in [-0.15, -0.1) is 0 Å². The lowest BCUT2D eigenvalue weighted by Gasteiger charge is -2.00. The van der Waals surface area contributed by atoms with Crippen LogP contribution >= 0.6 is 0 Å². The highest BCUT2D eigenvalue weighted by molar-refractivity contribution is 5.33. The van der Waals surface area contributed by atoms with Crippen LogP contribution in [0.2, 0.25) is 0 Å². The van der Waals surface area contributed by atoms with E-state index in [1.54, 1.807) is 0 Å². The first-order valence-corrected chi connectivity index (χ1v) is 3.08. The van der Waals surface area contributed by atoms with Gasteiger partial charge in [-0.2, -0.15) is 5.10 Å². The fraction of sp³-hybridized carbons (Fsp3) is 0.400. The van der Waals surface area contributed by atoms with E-state index >= 15 is 0 Å². The van der Waals surface area contributed by atoms with E-state index in [1.807, 2.05) is 0 Å². The fourth-order valence-corrected chi connectivity index (χ4v) is 0.758. The molecule has 0 fully saturated rings. The van der Waals surface area contributed by atoms with Gasteiger partial charge in [0.05, 0.1) is 4.92 Å². The third-order valence-corrected chi connectivity index (χ3v) is 1.32. The van der Waals surface area contributed by atoms with Crippen molar-refractivity contribution in [3.05, 3.63) is 22.0 Å². The summed E-state index contributed by atoms with van der Waals surface area (Å²) in [7, 11) is 0. The SMILES string of the molecule is O=[N+]([O-])c1cn[nH]c1C(O)CF. The van der Waals surface area contributed by atoms with Gasteiger partial charge in [0.15, 0.2) is 0 Å². The summed E-state index contributed by atoms with van der Waals surface area (Å²) < 4.78 is 11.9. The summed E-state index contributed by atoms with van der Waals surface area (Å²) in [4.78, 5) is 9.48. The molecule has 6 nitrogen and oxygen atoms in total. The van der Waals surface area contributed by atoms with Crippen LogP contribution < -0.4 is 0 Å². The van der Waals surface area contributed by atoms with Crippen molar-refractivity contribution in [2.45, 2.75) is 6.10 Å². The van der Waals surface area contributed by atoms with Crippen molar-refractivity contribution in [3.63, 3.8) is 0 Å². The number of H-pyrrole nitrogens is 1. The van der Waals surface area contributed by atoms with E-state index in [4.69, 9.17) is 5.11 Å². The number of aromatic nitrogens is 2. The first-order valence-electron chi connectivity index (χ1n) is 3.08. The van der Waals surface area contributed by atoms with Crippen molar-refractivity contribution in [2.75, 3.05) is 6.67 Å². The maximum absolute atomic E-state index is 11.9. The highest BCUT2D eigenvalue weighted by atomic mass is 19.1. The van der Waals surface area contributed by atoms with Crippen LogP contribution in [0.5, 0.6) is 0 Å². The number of halogens is 1. The fourth-order valence-electron chi connectivity index (χ4n) is 0.758. The first-order chi connectivity index (χ1) is 5.66. The Bertz CT molecular complexity index is 287. The number of aromatic amines is 1. The molecule has 7 heteroatoms. The molecule has 0 amide bonds. The smallest absolute Gasteiger partial charge is 0.312 e. The molecule has 12 heavy (non-hydrogen) atoms. The molecule has 1 atom stereocenters. The van der Waals surface area contributed by atoms with Crippen molar-refractivity contribution in [3.8, 4) is 0 Å². The Hall–Kier alpha value is -1.50. The van der Waals surface area contributed by atoms with Gasteiger partial charge in [-0.25, -0.2) is 4.39 Å². The average Bonchev–Trinajstić information content (AvgIpc) is 2.50. The Morgan fingerprint density at radius 2 is 2.58 bits per heavy atom. The second kappa shape index (κ2) is 3.26. The predicted octanol–water partition coefficient (Wildman–Crippen LogP) is 0.321. The normalized spacial score (nSPS) is 12.8. The van der Waals surface area contributed by atoms with E-state index in [0.717, 1.165) is 6.20 Å². The molecule has 0 saturated heterocycles. The number of nitro groups is 1. The van der Waals surface area contributed by atoms with Gasteiger partial charge in [0, 0.05) is 0 Å². The summed E-state index contributed by atoms with van der Waals surface area (Å²) in [5.74, 6) is 0. The summed E-state index contributed by atoms with van der Waals surface area (Å²) >= 11 is 0. The van der Waals surface area contributed by atoms with E-state index in [-0.39, 0.29) is 5.69 Å². The monoisotopic (exact) mass is 175 g/mol. The maximum atomic E-state index is 11.9. The van der Waals surface area contributed by atoms with Crippen LogP contribution in [0.1, 0.15) is 11.8 Å². The lowest BCUT2D eigenvalue weighted by molar-refractivity contribution is -0.386. The second-order valence-electron chi connectivity index (χ2n) is 2.10. The topological polar surface area (TPSA) is 92.0 Å². The molecule has 1 aromatic rings. The van der Waals surface area contributed by atoms with Gasteiger partial charge in [0.2, 0.25) is 0 Å². The Balaban J connectivity index is 2.98. The van der Waals surface area contributed by atoms with E-state index in [1.165, 1.54) is 0 Å². The largest absolute Gasteiger partial charge is 0.384 e. The second-order valence-corrected chi connectivity index (χ2v) is 2.10. The summed E-state index contributed by atoms with van der Waals surface area (Å²) in [5.41, 5.74) is -0.609. The maximum Gasteiger partial charge on any atom is 0.312 e. The zero-order chi connectivity index (χ0) is 9.14. The Kier molecular flexibility index (Phi) is 2.34. The molecule has 2 N–H and O–H groups in total. The molecule has 1 rings (SSSR count). The molecule has 0 aromatic carbocycles. The van der Waals surface area contributed by atoms with Crippen molar-refractivity contribution in [1.29, 1.82) is 0 Å². The summed E-state index contributed by atoms with van der Waals surface area (Å²) in [6.45, 7) is -1.08. The lowest BCUT2D eigenvalue weighted by atomic mass is 10.2. The van der Waals surface area contributed by atoms with Crippen molar-refractivity contribution >= 4 is 5.69 Å². The van der Waals surface area contributed by atoms with E-state index in [0.29, 0.717) is 0 Å². The molecular formula is C5H6FN3O3. The number of hydrogen-bond acceptors (Lipinski definition) is 4. The number of aliphatic hydroxyl groups excluding tert-OH is 1.